The lowest BCUT2D eigenvalue weighted by molar-refractivity contribution is 1.17. The average Bonchev–Trinajstić information content (AvgIpc) is 2.39. The first-order chi connectivity index (χ1) is 9.15. The second-order valence-corrected chi connectivity index (χ2v) is 5.05. The lowest BCUT2D eigenvalue weighted by Crippen LogP contribution is -1.92. The maximum Gasteiger partial charge on any atom is 0.0923 e. The number of rotatable bonds is 1. The van der Waals surface area contributed by atoms with E-state index in [0.717, 1.165) is 38.4 Å². The van der Waals surface area contributed by atoms with Crippen LogP contribution in [0.25, 0.3) is 22.0 Å². The minimum Gasteiger partial charge on any atom is -0.259 e. The molecule has 0 amide bonds. The molecule has 2 nitrogen and oxygen atoms in total. The molecule has 0 N–H and O–H groups in total. The van der Waals surface area contributed by atoms with Gasteiger partial charge in [-0.15, -0.1) is 0 Å². The Morgan fingerprint density at radius 2 is 1.89 bits per heavy atom. The van der Waals surface area contributed by atoms with Gasteiger partial charge in [-0.1, -0.05) is 23.7 Å². The molecule has 0 fully saturated rings. The number of hydrogen-bond acceptors (Lipinski definition) is 2. The predicted molar refractivity (Wildman–Crippen MR) is 79.5 cm³/mol. The highest BCUT2D eigenvalue weighted by Crippen LogP contribution is 2.30. The fraction of sp³-hybridized carbons (Fsp3) is 0.125. The molecule has 0 saturated heterocycles. The molecule has 3 aromatic rings. The summed E-state index contributed by atoms with van der Waals surface area (Å²) in [6.07, 6.45) is 1.82. The number of pyridine rings is 2. The van der Waals surface area contributed by atoms with E-state index in [-0.39, 0.29) is 0 Å². The third-order valence-corrected chi connectivity index (χ3v) is 3.41. The van der Waals surface area contributed by atoms with Crippen molar-refractivity contribution in [1.82, 2.24) is 9.97 Å². The minimum absolute atomic E-state index is 0.742. The van der Waals surface area contributed by atoms with Crippen LogP contribution in [0.3, 0.4) is 0 Å². The lowest BCUT2D eigenvalue weighted by atomic mass is 10.0. The highest BCUT2D eigenvalue weighted by atomic mass is 35.5. The van der Waals surface area contributed by atoms with E-state index in [1.807, 2.05) is 44.3 Å². The Hall–Kier alpha value is -1.93. The first-order valence-corrected chi connectivity index (χ1v) is 6.52. The molecule has 0 unspecified atom stereocenters. The van der Waals surface area contributed by atoms with Crippen molar-refractivity contribution in [2.45, 2.75) is 13.8 Å². The van der Waals surface area contributed by atoms with Crippen LogP contribution in [0.4, 0.5) is 0 Å². The van der Waals surface area contributed by atoms with Gasteiger partial charge < -0.3 is 0 Å². The van der Waals surface area contributed by atoms with Gasteiger partial charge in [-0.05, 0) is 49.2 Å². The van der Waals surface area contributed by atoms with Crippen LogP contribution in [0.5, 0.6) is 0 Å². The van der Waals surface area contributed by atoms with Crippen LogP contribution >= 0.6 is 11.6 Å². The Labute approximate surface area is 117 Å². The maximum atomic E-state index is 6.09. The van der Waals surface area contributed by atoms with E-state index >= 15 is 0 Å². The lowest BCUT2D eigenvalue weighted by Gasteiger charge is -2.09. The Bertz CT molecular complexity index is 766. The van der Waals surface area contributed by atoms with Crippen molar-refractivity contribution in [3.63, 3.8) is 0 Å². The number of fused-ring (bicyclic) bond motifs is 1. The standard InChI is InChI=1S/C16H13ClN2/c1-10-8-15(12-4-3-5-13(17)9-12)14-6-7-18-11(2)16(14)19-10/h3-9H,1-2H3. The second kappa shape index (κ2) is 4.63. The molecule has 0 saturated carbocycles. The van der Waals surface area contributed by atoms with E-state index in [2.05, 4.69) is 22.1 Å². The molecular formula is C16H13ClN2. The molecule has 0 spiro atoms. The monoisotopic (exact) mass is 268 g/mol. The van der Waals surface area contributed by atoms with Crippen LogP contribution in [0, 0.1) is 13.8 Å². The third-order valence-electron chi connectivity index (χ3n) is 3.17. The summed E-state index contributed by atoms with van der Waals surface area (Å²) in [5.74, 6) is 0. The molecule has 0 aliphatic heterocycles. The summed E-state index contributed by atoms with van der Waals surface area (Å²) in [4.78, 5) is 8.90. The van der Waals surface area contributed by atoms with Gasteiger partial charge in [0, 0.05) is 22.3 Å². The van der Waals surface area contributed by atoms with Crippen molar-refractivity contribution < 1.29 is 0 Å². The van der Waals surface area contributed by atoms with Crippen molar-refractivity contribution in [3.05, 3.63) is 59.0 Å². The molecule has 3 rings (SSSR count). The third kappa shape index (κ3) is 2.20. The van der Waals surface area contributed by atoms with Gasteiger partial charge in [0.15, 0.2) is 0 Å². The minimum atomic E-state index is 0.742. The predicted octanol–water partition coefficient (Wildman–Crippen LogP) is 4.57. The molecule has 19 heavy (non-hydrogen) atoms. The van der Waals surface area contributed by atoms with Crippen LogP contribution in [-0.2, 0) is 0 Å². The van der Waals surface area contributed by atoms with E-state index < -0.39 is 0 Å². The van der Waals surface area contributed by atoms with Crippen molar-refractivity contribution in [1.29, 1.82) is 0 Å². The fourth-order valence-electron chi connectivity index (χ4n) is 2.31. The van der Waals surface area contributed by atoms with Gasteiger partial charge in [0.1, 0.15) is 0 Å². The van der Waals surface area contributed by atoms with Gasteiger partial charge in [0.25, 0.3) is 0 Å². The van der Waals surface area contributed by atoms with Crippen molar-refractivity contribution >= 4 is 22.5 Å². The zero-order chi connectivity index (χ0) is 13.4. The summed E-state index contributed by atoms with van der Waals surface area (Å²) in [5, 5.41) is 1.85. The van der Waals surface area contributed by atoms with Crippen LogP contribution in [0.2, 0.25) is 5.02 Å². The smallest absolute Gasteiger partial charge is 0.0923 e. The summed E-state index contributed by atoms with van der Waals surface area (Å²) in [5.41, 5.74) is 5.14. The molecule has 1 aromatic carbocycles. The van der Waals surface area contributed by atoms with Gasteiger partial charge in [0.2, 0.25) is 0 Å². The topological polar surface area (TPSA) is 25.8 Å². The number of aryl methyl sites for hydroxylation is 2. The van der Waals surface area contributed by atoms with Crippen LogP contribution in [0.1, 0.15) is 11.4 Å². The first-order valence-electron chi connectivity index (χ1n) is 6.14. The SMILES string of the molecule is Cc1cc(-c2cccc(Cl)c2)c2ccnc(C)c2n1. The summed E-state index contributed by atoms with van der Waals surface area (Å²) >= 11 is 6.09. The van der Waals surface area contributed by atoms with E-state index in [1.54, 1.807) is 0 Å². The zero-order valence-electron chi connectivity index (χ0n) is 10.8. The molecule has 3 heteroatoms. The van der Waals surface area contributed by atoms with Crippen molar-refractivity contribution in [3.8, 4) is 11.1 Å². The number of hydrogen-bond donors (Lipinski definition) is 0. The number of halogens is 1. The summed E-state index contributed by atoms with van der Waals surface area (Å²) in [6, 6.07) is 12.0. The van der Waals surface area contributed by atoms with E-state index in [1.165, 1.54) is 0 Å². The molecule has 0 aliphatic rings. The summed E-state index contributed by atoms with van der Waals surface area (Å²) < 4.78 is 0. The van der Waals surface area contributed by atoms with Crippen LogP contribution in [-0.4, -0.2) is 9.97 Å². The normalized spacial score (nSPS) is 10.9. The highest BCUT2D eigenvalue weighted by molar-refractivity contribution is 6.30. The van der Waals surface area contributed by atoms with Gasteiger partial charge in [0.05, 0.1) is 11.2 Å². The largest absolute Gasteiger partial charge is 0.259 e. The fourth-order valence-corrected chi connectivity index (χ4v) is 2.50. The molecule has 0 bridgehead atoms. The number of benzene rings is 1. The second-order valence-electron chi connectivity index (χ2n) is 4.61. The van der Waals surface area contributed by atoms with Gasteiger partial charge in [-0.25, -0.2) is 0 Å². The zero-order valence-corrected chi connectivity index (χ0v) is 11.6. The summed E-state index contributed by atoms with van der Waals surface area (Å²) in [7, 11) is 0. The number of nitrogens with zero attached hydrogens (tertiary/aromatic N) is 2. The molecule has 94 valence electrons. The average molecular weight is 269 g/mol. The molecule has 2 aromatic heterocycles. The number of aromatic nitrogens is 2. The Balaban J connectivity index is 2.38. The van der Waals surface area contributed by atoms with Crippen LogP contribution < -0.4 is 0 Å². The molecular weight excluding hydrogens is 256 g/mol. The Morgan fingerprint density at radius 1 is 1.05 bits per heavy atom. The quantitative estimate of drug-likeness (QED) is 0.646. The van der Waals surface area contributed by atoms with Crippen molar-refractivity contribution in [2.24, 2.45) is 0 Å². The highest BCUT2D eigenvalue weighted by Gasteiger charge is 2.08. The molecule has 0 aliphatic carbocycles. The first kappa shape index (κ1) is 12.1. The molecule has 2 heterocycles. The Kier molecular flexibility index (Phi) is 2.96. The van der Waals surface area contributed by atoms with Crippen LogP contribution in [0.15, 0.2) is 42.6 Å². The van der Waals surface area contributed by atoms with E-state index in [0.29, 0.717) is 0 Å². The maximum absolute atomic E-state index is 6.09. The van der Waals surface area contributed by atoms with Gasteiger partial charge in [-0.2, -0.15) is 0 Å². The Morgan fingerprint density at radius 3 is 2.68 bits per heavy atom. The van der Waals surface area contributed by atoms with Gasteiger partial charge >= 0.3 is 0 Å². The van der Waals surface area contributed by atoms with E-state index in [9.17, 15) is 0 Å². The van der Waals surface area contributed by atoms with Gasteiger partial charge in [-0.3, -0.25) is 9.97 Å². The van der Waals surface area contributed by atoms with E-state index in [4.69, 9.17) is 11.6 Å². The summed E-state index contributed by atoms with van der Waals surface area (Å²) in [6.45, 7) is 3.98. The van der Waals surface area contributed by atoms with Crippen molar-refractivity contribution in [2.75, 3.05) is 0 Å². The molecule has 0 radical (unpaired) electrons. The molecule has 0 atom stereocenters.